The van der Waals surface area contributed by atoms with Crippen molar-refractivity contribution in [3.8, 4) is 0 Å². The van der Waals surface area contributed by atoms with Crippen LogP contribution in [0.15, 0.2) is 30.5 Å². The maximum absolute atomic E-state index is 4.55. The minimum Gasteiger partial charge on any atom is -0.315 e. The van der Waals surface area contributed by atoms with E-state index in [0.29, 0.717) is 5.92 Å². The number of nitrogens with zero attached hydrogens (tertiary/aromatic N) is 2. The molecule has 0 bridgehead atoms. The van der Waals surface area contributed by atoms with Crippen molar-refractivity contribution in [3.63, 3.8) is 0 Å². The molecule has 0 atom stereocenters. The Morgan fingerprint density at radius 1 is 1.21 bits per heavy atom. The van der Waals surface area contributed by atoms with Gasteiger partial charge in [-0.25, -0.2) is 9.97 Å². The smallest absolute Gasteiger partial charge is 0.159 e. The highest BCUT2D eigenvalue weighted by Crippen LogP contribution is 2.19. The maximum atomic E-state index is 4.55. The third-order valence-corrected chi connectivity index (χ3v) is 2.69. The van der Waals surface area contributed by atoms with Crippen molar-refractivity contribution < 1.29 is 0 Å². The summed E-state index contributed by atoms with van der Waals surface area (Å²) in [6.45, 7) is 2.09. The molecule has 1 aliphatic rings. The number of rotatable bonds is 1. The molecule has 1 saturated heterocycles. The summed E-state index contributed by atoms with van der Waals surface area (Å²) in [6.07, 6.45) is 1.79. The second kappa shape index (κ2) is 3.03. The van der Waals surface area contributed by atoms with Crippen LogP contribution >= 0.6 is 0 Å². The third kappa shape index (κ3) is 1.17. The summed E-state index contributed by atoms with van der Waals surface area (Å²) in [4.78, 5) is 8.80. The molecule has 3 nitrogen and oxygen atoms in total. The van der Waals surface area contributed by atoms with Gasteiger partial charge in [0.05, 0.1) is 0 Å². The summed E-state index contributed by atoms with van der Waals surface area (Å²) < 4.78 is 0. The first kappa shape index (κ1) is 7.88. The summed E-state index contributed by atoms with van der Waals surface area (Å²) in [5, 5.41) is 4.36. The fraction of sp³-hybridized carbons (Fsp3) is 0.273. The van der Waals surface area contributed by atoms with Gasteiger partial charge in [-0.15, -0.1) is 0 Å². The average Bonchev–Trinajstić information content (AvgIpc) is 2.15. The first-order chi connectivity index (χ1) is 6.93. The maximum Gasteiger partial charge on any atom is 0.159 e. The van der Waals surface area contributed by atoms with Gasteiger partial charge in [0.25, 0.3) is 0 Å². The van der Waals surface area contributed by atoms with Crippen LogP contribution in [0.4, 0.5) is 0 Å². The molecule has 0 aromatic carbocycles. The lowest BCUT2D eigenvalue weighted by molar-refractivity contribution is 0.440. The van der Waals surface area contributed by atoms with E-state index in [-0.39, 0.29) is 0 Å². The van der Waals surface area contributed by atoms with Crippen molar-refractivity contribution in [2.24, 2.45) is 0 Å². The van der Waals surface area contributed by atoms with Crippen LogP contribution in [0.5, 0.6) is 0 Å². The fourth-order valence-electron chi connectivity index (χ4n) is 1.69. The summed E-state index contributed by atoms with van der Waals surface area (Å²) in [6, 6.07) is 8.19. The van der Waals surface area contributed by atoms with Gasteiger partial charge in [0.2, 0.25) is 0 Å². The van der Waals surface area contributed by atoms with Gasteiger partial charge < -0.3 is 5.32 Å². The number of pyridine rings is 2. The predicted molar refractivity (Wildman–Crippen MR) is 55.1 cm³/mol. The second-order valence-corrected chi connectivity index (χ2v) is 3.64. The number of fused-ring (bicyclic) bond motifs is 1. The molecule has 3 heteroatoms. The monoisotopic (exact) mass is 185 g/mol. The van der Waals surface area contributed by atoms with E-state index in [1.54, 1.807) is 6.20 Å². The lowest BCUT2D eigenvalue weighted by Crippen LogP contribution is -2.40. The van der Waals surface area contributed by atoms with E-state index in [1.807, 2.05) is 12.1 Å². The molecule has 70 valence electrons. The van der Waals surface area contributed by atoms with E-state index in [0.717, 1.165) is 29.8 Å². The molecule has 14 heavy (non-hydrogen) atoms. The second-order valence-electron chi connectivity index (χ2n) is 3.64. The lowest BCUT2D eigenvalue weighted by atomic mass is 9.98. The Morgan fingerprint density at radius 3 is 2.93 bits per heavy atom. The Morgan fingerprint density at radius 2 is 2.14 bits per heavy atom. The van der Waals surface area contributed by atoms with Crippen molar-refractivity contribution in [1.29, 1.82) is 0 Å². The van der Waals surface area contributed by atoms with Gasteiger partial charge in [0, 0.05) is 36.3 Å². The molecule has 2 aromatic heterocycles. The topological polar surface area (TPSA) is 37.8 Å². The molecule has 3 rings (SSSR count). The van der Waals surface area contributed by atoms with E-state index in [4.69, 9.17) is 0 Å². The van der Waals surface area contributed by atoms with E-state index in [9.17, 15) is 0 Å². The molecule has 1 aliphatic heterocycles. The van der Waals surface area contributed by atoms with E-state index < -0.39 is 0 Å². The summed E-state index contributed by atoms with van der Waals surface area (Å²) >= 11 is 0. The van der Waals surface area contributed by atoms with Gasteiger partial charge in [-0.3, -0.25) is 0 Å². The van der Waals surface area contributed by atoms with Crippen molar-refractivity contribution >= 4 is 11.0 Å². The largest absolute Gasteiger partial charge is 0.315 e. The molecule has 0 spiro atoms. The third-order valence-electron chi connectivity index (χ3n) is 2.69. The molecule has 0 aliphatic carbocycles. The number of aromatic nitrogens is 2. The summed E-state index contributed by atoms with van der Waals surface area (Å²) in [5.41, 5.74) is 2.02. The van der Waals surface area contributed by atoms with Gasteiger partial charge >= 0.3 is 0 Å². The standard InChI is InChI=1S/C11H11N3/c1-2-8-3-4-10(9-6-12-7-9)14-11(8)13-5-1/h1-5,9,12H,6-7H2. The summed E-state index contributed by atoms with van der Waals surface area (Å²) in [5.74, 6) is 0.585. The van der Waals surface area contributed by atoms with E-state index in [2.05, 4.69) is 27.4 Å². The molecule has 1 N–H and O–H groups in total. The minimum absolute atomic E-state index is 0.585. The fourth-order valence-corrected chi connectivity index (χ4v) is 1.69. The van der Waals surface area contributed by atoms with Crippen LogP contribution in [0, 0.1) is 0 Å². The zero-order chi connectivity index (χ0) is 9.38. The van der Waals surface area contributed by atoms with Gasteiger partial charge in [-0.1, -0.05) is 0 Å². The Balaban J connectivity index is 2.10. The minimum atomic E-state index is 0.585. The molecule has 0 saturated carbocycles. The zero-order valence-corrected chi connectivity index (χ0v) is 7.77. The molecule has 0 unspecified atom stereocenters. The van der Waals surface area contributed by atoms with Gasteiger partial charge in [0.1, 0.15) is 0 Å². The highest BCUT2D eigenvalue weighted by molar-refractivity contribution is 5.74. The van der Waals surface area contributed by atoms with Gasteiger partial charge in [0.15, 0.2) is 5.65 Å². The summed E-state index contributed by atoms with van der Waals surface area (Å²) in [7, 11) is 0. The van der Waals surface area contributed by atoms with Gasteiger partial charge in [-0.05, 0) is 24.3 Å². The number of hydrogen-bond donors (Lipinski definition) is 1. The Labute approximate surface area is 82.2 Å². The first-order valence-corrected chi connectivity index (χ1v) is 4.86. The highest BCUT2D eigenvalue weighted by atomic mass is 15.0. The molecule has 0 radical (unpaired) electrons. The van der Waals surface area contributed by atoms with E-state index >= 15 is 0 Å². The average molecular weight is 185 g/mol. The zero-order valence-electron chi connectivity index (χ0n) is 7.77. The highest BCUT2D eigenvalue weighted by Gasteiger charge is 2.20. The van der Waals surface area contributed by atoms with Crippen LogP contribution in [-0.4, -0.2) is 23.1 Å². The Bertz CT molecular complexity index is 463. The number of nitrogens with one attached hydrogen (secondary N) is 1. The van der Waals surface area contributed by atoms with E-state index in [1.165, 1.54) is 0 Å². The number of hydrogen-bond acceptors (Lipinski definition) is 3. The van der Waals surface area contributed by atoms with Crippen molar-refractivity contribution in [2.45, 2.75) is 5.92 Å². The molecule has 1 fully saturated rings. The van der Waals surface area contributed by atoms with Crippen molar-refractivity contribution in [1.82, 2.24) is 15.3 Å². The molecule has 3 heterocycles. The van der Waals surface area contributed by atoms with Gasteiger partial charge in [-0.2, -0.15) is 0 Å². The lowest BCUT2D eigenvalue weighted by Gasteiger charge is -2.26. The predicted octanol–water partition coefficient (Wildman–Crippen LogP) is 1.32. The van der Waals surface area contributed by atoms with Crippen LogP contribution < -0.4 is 5.32 Å². The molecular weight excluding hydrogens is 174 g/mol. The van der Waals surface area contributed by atoms with Crippen LogP contribution in [0.1, 0.15) is 11.6 Å². The quantitative estimate of drug-likeness (QED) is 0.728. The molecule has 0 amide bonds. The van der Waals surface area contributed by atoms with Crippen LogP contribution in [-0.2, 0) is 0 Å². The Kier molecular flexibility index (Phi) is 1.70. The van der Waals surface area contributed by atoms with Crippen LogP contribution in [0.3, 0.4) is 0 Å². The SMILES string of the molecule is c1cnc2nc(C3CNC3)ccc2c1. The van der Waals surface area contributed by atoms with Crippen LogP contribution in [0.2, 0.25) is 0 Å². The van der Waals surface area contributed by atoms with Crippen molar-refractivity contribution in [2.75, 3.05) is 13.1 Å². The van der Waals surface area contributed by atoms with Crippen molar-refractivity contribution in [3.05, 3.63) is 36.2 Å². The normalized spacial score (nSPS) is 16.9. The first-order valence-electron chi connectivity index (χ1n) is 4.86. The molecular formula is C11H11N3. The Hall–Kier alpha value is -1.48. The van der Waals surface area contributed by atoms with Crippen LogP contribution in [0.25, 0.3) is 11.0 Å². The molecule has 2 aromatic rings.